The van der Waals surface area contributed by atoms with Crippen molar-refractivity contribution in [2.75, 3.05) is 26.2 Å². The first-order chi connectivity index (χ1) is 9.31. The van der Waals surface area contributed by atoms with Crippen molar-refractivity contribution in [3.63, 3.8) is 0 Å². The van der Waals surface area contributed by atoms with Crippen molar-refractivity contribution in [2.45, 2.75) is 52.1 Å². The van der Waals surface area contributed by atoms with Crippen molar-refractivity contribution < 1.29 is 0 Å². The van der Waals surface area contributed by atoms with Crippen LogP contribution in [0.25, 0.3) is 0 Å². The van der Waals surface area contributed by atoms with Gasteiger partial charge in [0, 0.05) is 25.3 Å². The van der Waals surface area contributed by atoms with Crippen LogP contribution in [-0.4, -0.2) is 40.6 Å². The molecule has 1 saturated heterocycles. The molecule has 1 atom stereocenters. The van der Waals surface area contributed by atoms with Crippen LogP contribution in [0.4, 0.5) is 0 Å². The van der Waals surface area contributed by atoms with E-state index in [9.17, 15) is 0 Å². The molecule has 1 fully saturated rings. The van der Waals surface area contributed by atoms with Gasteiger partial charge in [-0.3, -0.25) is 0 Å². The molecule has 0 saturated carbocycles. The minimum atomic E-state index is 0.513. The molecule has 108 valence electrons. The summed E-state index contributed by atoms with van der Waals surface area (Å²) in [7, 11) is 0. The molecule has 0 aromatic carbocycles. The Morgan fingerprint density at radius 1 is 1.32 bits per heavy atom. The maximum atomic E-state index is 4.32. The Hall–Kier alpha value is -0.870. The third kappa shape index (κ3) is 4.32. The molecule has 0 bridgehead atoms. The van der Waals surface area contributed by atoms with Crippen LogP contribution in [0.1, 0.15) is 51.3 Å². The zero-order valence-electron chi connectivity index (χ0n) is 12.4. The van der Waals surface area contributed by atoms with Crippen LogP contribution >= 0.6 is 0 Å². The summed E-state index contributed by atoms with van der Waals surface area (Å²) in [5.41, 5.74) is 1.30. The average molecular weight is 264 g/mol. The first-order valence-corrected chi connectivity index (χ1v) is 7.75. The Bertz CT molecular complexity index is 355. The summed E-state index contributed by atoms with van der Waals surface area (Å²) in [6.45, 7) is 10.2. The molecule has 0 radical (unpaired) electrons. The Balaban J connectivity index is 1.87. The Morgan fingerprint density at radius 3 is 2.84 bits per heavy atom. The summed E-state index contributed by atoms with van der Waals surface area (Å²) in [5.74, 6) is 0. The predicted molar refractivity (Wildman–Crippen MR) is 79.2 cm³/mol. The molecule has 0 spiro atoms. The SMILES string of the molecule is CCCNCc1cncn1C(C)CN1CCCCC1. The van der Waals surface area contributed by atoms with Gasteiger partial charge in [-0.25, -0.2) is 4.98 Å². The van der Waals surface area contributed by atoms with E-state index in [0.29, 0.717) is 6.04 Å². The van der Waals surface area contributed by atoms with Gasteiger partial charge in [-0.15, -0.1) is 0 Å². The summed E-state index contributed by atoms with van der Waals surface area (Å²) in [6.07, 6.45) is 9.29. The Kier molecular flexibility index (Phi) is 5.86. The number of nitrogens with one attached hydrogen (secondary N) is 1. The van der Waals surface area contributed by atoms with Crippen LogP contribution < -0.4 is 5.32 Å². The van der Waals surface area contributed by atoms with Gasteiger partial charge >= 0.3 is 0 Å². The van der Waals surface area contributed by atoms with E-state index < -0.39 is 0 Å². The van der Waals surface area contributed by atoms with Crippen molar-refractivity contribution in [3.05, 3.63) is 18.2 Å². The lowest BCUT2D eigenvalue weighted by Crippen LogP contribution is -2.34. The van der Waals surface area contributed by atoms with Crippen molar-refractivity contribution >= 4 is 0 Å². The van der Waals surface area contributed by atoms with Crippen molar-refractivity contribution in [1.82, 2.24) is 19.8 Å². The van der Waals surface area contributed by atoms with Crippen LogP contribution in [0.2, 0.25) is 0 Å². The van der Waals surface area contributed by atoms with Gasteiger partial charge in [0.2, 0.25) is 0 Å². The summed E-state index contributed by atoms with van der Waals surface area (Å²) < 4.78 is 2.33. The van der Waals surface area contributed by atoms with Crippen LogP contribution in [0, 0.1) is 0 Å². The maximum Gasteiger partial charge on any atom is 0.0951 e. The largest absolute Gasteiger partial charge is 0.329 e. The highest BCUT2D eigenvalue weighted by atomic mass is 15.2. The van der Waals surface area contributed by atoms with Crippen LogP contribution in [0.5, 0.6) is 0 Å². The molecule has 1 N–H and O–H groups in total. The molecule has 2 rings (SSSR count). The van der Waals surface area contributed by atoms with E-state index in [1.165, 1.54) is 44.5 Å². The number of aromatic nitrogens is 2. The van der Waals surface area contributed by atoms with E-state index in [2.05, 4.69) is 33.6 Å². The van der Waals surface area contributed by atoms with Gasteiger partial charge in [-0.05, 0) is 45.8 Å². The lowest BCUT2D eigenvalue weighted by atomic mass is 10.1. The van der Waals surface area contributed by atoms with Crippen LogP contribution in [0.3, 0.4) is 0 Å². The van der Waals surface area contributed by atoms with Gasteiger partial charge in [0.05, 0.1) is 12.0 Å². The highest BCUT2D eigenvalue weighted by molar-refractivity contribution is 5.00. The third-order valence-electron chi connectivity index (χ3n) is 3.93. The number of likely N-dealkylation sites (tertiary alicyclic amines) is 1. The van der Waals surface area contributed by atoms with Gasteiger partial charge in [-0.1, -0.05) is 13.3 Å². The van der Waals surface area contributed by atoms with Crippen molar-refractivity contribution in [3.8, 4) is 0 Å². The molecule has 1 aliphatic rings. The van der Waals surface area contributed by atoms with E-state index in [1.807, 2.05) is 12.5 Å². The Morgan fingerprint density at radius 2 is 2.11 bits per heavy atom. The van der Waals surface area contributed by atoms with Gasteiger partial charge in [-0.2, -0.15) is 0 Å². The van der Waals surface area contributed by atoms with Gasteiger partial charge in [0.25, 0.3) is 0 Å². The smallest absolute Gasteiger partial charge is 0.0951 e. The number of nitrogens with zero attached hydrogens (tertiary/aromatic N) is 3. The lowest BCUT2D eigenvalue weighted by Gasteiger charge is -2.30. The monoisotopic (exact) mass is 264 g/mol. The Labute approximate surface area is 117 Å². The molecular formula is C15H28N4. The van der Waals surface area contributed by atoms with E-state index >= 15 is 0 Å². The number of rotatable bonds is 7. The maximum absolute atomic E-state index is 4.32. The normalized spacial score (nSPS) is 18.6. The zero-order valence-corrected chi connectivity index (χ0v) is 12.4. The fourth-order valence-electron chi connectivity index (χ4n) is 2.86. The average Bonchev–Trinajstić information content (AvgIpc) is 2.89. The van der Waals surface area contributed by atoms with Gasteiger partial charge in [0.15, 0.2) is 0 Å². The van der Waals surface area contributed by atoms with Crippen molar-refractivity contribution in [2.24, 2.45) is 0 Å². The quantitative estimate of drug-likeness (QED) is 0.768. The lowest BCUT2D eigenvalue weighted by molar-refractivity contribution is 0.200. The van der Waals surface area contributed by atoms with E-state index in [0.717, 1.165) is 19.6 Å². The highest BCUT2D eigenvalue weighted by Crippen LogP contribution is 2.15. The fraction of sp³-hybridized carbons (Fsp3) is 0.800. The fourth-order valence-corrected chi connectivity index (χ4v) is 2.86. The summed E-state index contributed by atoms with van der Waals surface area (Å²) in [6, 6.07) is 0.513. The number of imidazole rings is 1. The number of hydrogen-bond donors (Lipinski definition) is 1. The van der Waals surface area contributed by atoms with Crippen LogP contribution in [-0.2, 0) is 6.54 Å². The molecule has 1 aliphatic heterocycles. The minimum Gasteiger partial charge on any atom is -0.329 e. The van der Waals surface area contributed by atoms with E-state index in [4.69, 9.17) is 0 Å². The first kappa shape index (κ1) is 14.5. The minimum absolute atomic E-state index is 0.513. The molecular weight excluding hydrogens is 236 g/mol. The molecule has 19 heavy (non-hydrogen) atoms. The topological polar surface area (TPSA) is 33.1 Å². The predicted octanol–water partition coefficient (Wildman–Crippen LogP) is 2.43. The second kappa shape index (κ2) is 7.65. The van der Waals surface area contributed by atoms with Crippen LogP contribution in [0.15, 0.2) is 12.5 Å². The molecule has 4 heteroatoms. The second-order valence-corrected chi connectivity index (χ2v) is 5.68. The molecule has 1 aromatic heterocycles. The van der Waals surface area contributed by atoms with E-state index in [-0.39, 0.29) is 0 Å². The van der Waals surface area contributed by atoms with E-state index in [1.54, 1.807) is 0 Å². The molecule has 4 nitrogen and oxygen atoms in total. The molecule has 2 heterocycles. The summed E-state index contributed by atoms with van der Waals surface area (Å²) in [5, 5.41) is 3.46. The molecule has 1 unspecified atom stereocenters. The highest BCUT2D eigenvalue weighted by Gasteiger charge is 2.15. The summed E-state index contributed by atoms with van der Waals surface area (Å²) >= 11 is 0. The molecule has 0 aliphatic carbocycles. The van der Waals surface area contributed by atoms with Gasteiger partial charge < -0.3 is 14.8 Å². The molecule has 1 aromatic rings. The molecule has 0 amide bonds. The zero-order chi connectivity index (χ0) is 13.5. The first-order valence-electron chi connectivity index (χ1n) is 7.75. The number of piperidine rings is 1. The standard InChI is InChI=1S/C15H28N4/c1-3-7-16-10-15-11-17-13-19(15)14(2)12-18-8-5-4-6-9-18/h11,13-14,16H,3-10,12H2,1-2H3. The summed E-state index contributed by atoms with van der Waals surface area (Å²) in [4.78, 5) is 6.91. The third-order valence-corrected chi connectivity index (χ3v) is 3.93. The van der Waals surface area contributed by atoms with Crippen molar-refractivity contribution in [1.29, 1.82) is 0 Å². The van der Waals surface area contributed by atoms with Gasteiger partial charge in [0.1, 0.15) is 0 Å². The number of hydrogen-bond acceptors (Lipinski definition) is 3. The second-order valence-electron chi connectivity index (χ2n) is 5.68.